The number of Topliss-reactive ketones (excluding diaryl/α,β-unsaturated/α-hetero) is 1. The number of carbonyl (C=O) groups is 3. The van der Waals surface area contributed by atoms with Crippen molar-refractivity contribution in [3.63, 3.8) is 0 Å². The number of ketones is 1. The van der Waals surface area contributed by atoms with Crippen LogP contribution in [-0.4, -0.2) is 48.9 Å². The van der Waals surface area contributed by atoms with Crippen LogP contribution in [0.3, 0.4) is 0 Å². The lowest BCUT2D eigenvalue weighted by Gasteiger charge is -2.40. The van der Waals surface area contributed by atoms with Crippen molar-refractivity contribution in [2.45, 2.75) is 26.2 Å². The molecule has 3 rings (SSSR count). The van der Waals surface area contributed by atoms with E-state index in [-0.39, 0.29) is 24.9 Å². The standard InChI is InChI=1S/C22H25NO6/c1-2-27-21(26)22(12-15-28-17-8-4-3-5-9-17)11-7-13-23(16-22)20(25)19(24)18-10-6-14-29-18/h3-6,8-10,14H,2,7,11-13,15-16H2,1H3/t22-/m0/s1. The lowest BCUT2D eigenvalue weighted by molar-refractivity contribution is -0.161. The van der Waals surface area contributed by atoms with E-state index in [1.807, 2.05) is 30.3 Å². The van der Waals surface area contributed by atoms with Gasteiger partial charge in [-0.3, -0.25) is 14.4 Å². The van der Waals surface area contributed by atoms with E-state index in [0.29, 0.717) is 38.2 Å². The molecule has 0 radical (unpaired) electrons. The van der Waals surface area contributed by atoms with E-state index in [4.69, 9.17) is 13.9 Å². The molecule has 2 aromatic rings. The van der Waals surface area contributed by atoms with Gasteiger partial charge in [0.1, 0.15) is 5.75 Å². The van der Waals surface area contributed by atoms with Gasteiger partial charge in [0.25, 0.3) is 11.7 Å². The van der Waals surface area contributed by atoms with Crippen molar-refractivity contribution in [2.24, 2.45) is 5.41 Å². The fourth-order valence-electron chi connectivity index (χ4n) is 3.60. The summed E-state index contributed by atoms with van der Waals surface area (Å²) in [6.45, 7) is 2.83. The van der Waals surface area contributed by atoms with E-state index < -0.39 is 17.1 Å². The number of rotatable bonds is 8. The third-order valence-corrected chi connectivity index (χ3v) is 5.10. The molecule has 154 valence electrons. The van der Waals surface area contributed by atoms with Gasteiger partial charge in [-0.2, -0.15) is 0 Å². The maximum Gasteiger partial charge on any atom is 0.314 e. The van der Waals surface area contributed by atoms with Crippen LogP contribution in [0.4, 0.5) is 0 Å². The molecule has 1 fully saturated rings. The van der Waals surface area contributed by atoms with E-state index in [9.17, 15) is 14.4 Å². The zero-order valence-corrected chi connectivity index (χ0v) is 16.5. The van der Waals surface area contributed by atoms with Gasteiger partial charge < -0.3 is 18.8 Å². The monoisotopic (exact) mass is 399 g/mol. The molecule has 1 aliphatic heterocycles. The van der Waals surface area contributed by atoms with Crippen LogP contribution in [0.2, 0.25) is 0 Å². The van der Waals surface area contributed by atoms with Crippen molar-refractivity contribution in [3.8, 4) is 5.75 Å². The van der Waals surface area contributed by atoms with Crippen molar-refractivity contribution in [3.05, 3.63) is 54.5 Å². The molecule has 1 aromatic heterocycles. The highest BCUT2D eigenvalue weighted by molar-refractivity contribution is 6.41. The van der Waals surface area contributed by atoms with Gasteiger partial charge in [-0.15, -0.1) is 0 Å². The smallest absolute Gasteiger partial charge is 0.314 e. The molecule has 1 aromatic carbocycles. The third-order valence-electron chi connectivity index (χ3n) is 5.10. The first-order chi connectivity index (χ1) is 14.1. The van der Waals surface area contributed by atoms with Crippen LogP contribution in [0.5, 0.6) is 5.75 Å². The fraction of sp³-hybridized carbons (Fsp3) is 0.409. The van der Waals surface area contributed by atoms with Crippen LogP contribution in [0.1, 0.15) is 36.7 Å². The van der Waals surface area contributed by atoms with Gasteiger partial charge in [-0.05, 0) is 50.5 Å². The molecule has 7 heteroatoms. The van der Waals surface area contributed by atoms with E-state index in [2.05, 4.69) is 0 Å². The van der Waals surface area contributed by atoms with Crippen LogP contribution in [0, 0.1) is 5.41 Å². The van der Waals surface area contributed by atoms with Crippen LogP contribution in [0.15, 0.2) is 53.1 Å². The van der Waals surface area contributed by atoms with Gasteiger partial charge in [0, 0.05) is 13.1 Å². The average molecular weight is 399 g/mol. The highest BCUT2D eigenvalue weighted by Crippen LogP contribution is 2.35. The summed E-state index contributed by atoms with van der Waals surface area (Å²) in [4.78, 5) is 39.3. The lowest BCUT2D eigenvalue weighted by Crippen LogP contribution is -2.52. The fourth-order valence-corrected chi connectivity index (χ4v) is 3.60. The number of hydrogen-bond donors (Lipinski definition) is 0. The molecule has 0 spiro atoms. The van der Waals surface area contributed by atoms with E-state index in [1.165, 1.54) is 17.2 Å². The first-order valence-corrected chi connectivity index (χ1v) is 9.78. The average Bonchev–Trinajstić information content (AvgIpc) is 3.29. The van der Waals surface area contributed by atoms with Gasteiger partial charge in [0.15, 0.2) is 5.76 Å². The summed E-state index contributed by atoms with van der Waals surface area (Å²) < 4.78 is 16.1. The van der Waals surface area contributed by atoms with Crippen molar-refractivity contribution in [1.82, 2.24) is 4.90 Å². The first-order valence-electron chi connectivity index (χ1n) is 9.78. The molecule has 1 atom stereocenters. The topological polar surface area (TPSA) is 86.0 Å². The van der Waals surface area contributed by atoms with Gasteiger partial charge in [-0.25, -0.2) is 0 Å². The molecular formula is C22H25NO6. The largest absolute Gasteiger partial charge is 0.494 e. The molecule has 0 saturated carbocycles. The number of furan rings is 1. The zero-order valence-electron chi connectivity index (χ0n) is 16.5. The van der Waals surface area contributed by atoms with Gasteiger partial charge in [0.05, 0.1) is 24.9 Å². The highest BCUT2D eigenvalue weighted by Gasteiger charge is 2.45. The second kappa shape index (κ2) is 9.41. The highest BCUT2D eigenvalue weighted by atomic mass is 16.5. The molecule has 29 heavy (non-hydrogen) atoms. The van der Waals surface area contributed by atoms with Gasteiger partial charge >= 0.3 is 5.97 Å². The van der Waals surface area contributed by atoms with E-state index >= 15 is 0 Å². The van der Waals surface area contributed by atoms with Crippen molar-refractivity contribution in [2.75, 3.05) is 26.3 Å². The van der Waals surface area contributed by atoms with Gasteiger partial charge in [0.2, 0.25) is 0 Å². The number of para-hydroxylation sites is 1. The summed E-state index contributed by atoms with van der Waals surface area (Å²) in [5.41, 5.74) is -0.901. The zero-order chi connectivity index (χ0) is 20.7. The predicted molar refractivity (Wildman–Crippen MR) is 104 cm³/mol. The molecule has 1 amide bonds. The van der Waals surface area contributed by atoms with Crippen molar-refractivity contribution >= 4 is 17.7 Å². The number of carbonyl (C=O) groups excluding carboxylic acids is 3. The third kappa shape index (κ3) is 4.85. The SMILES string of the molecule is CCOC(=O)[C@]1(CCOc2ccccc2)CCCN(C(=O)C(=O)c2ccco2)C1. The number of hydrogen-bond acceptors (Lipinski definition) is 6. The number of esters is 1. The van der Waals surface area contributed by atoms with Crippen LogP contribution >= 0.6 is 0 Å². The van der Waals surface area contributed by atoms with Crippen molar-refractivity contribution < 1.29 is 28.3 Å². The first kappa shape index (κ1) is 20.6. The molecule has 2 heterocycles. The number of piperidine rings is 1. The van der Waals surface area contributed by atoms with Crippen molar-refractivity contribution in [1.29, 1.82) is 0 Å². The second-order valence-electron chi connectivity index (χ2n) is 7.05. The predicted octanol–water partition coefficient (Wildman–Crippen LogP) is 3.10. The summed E-state index contributed by atoms with van der Waals surface area (Å²) >= 11 is 0. The Hall–Kier alpha value is -3.09. The van der Waals surface area contributed by atoms with Gasteiger partial charge in [-0.1, -0.05) is 18.2 Å². The number of benzene rings is 1. The van der Waals surface area contributed by atoms with E-state index in [1.54, 1.807) is 13.0 Å². The number of ether oxygens (including phenoxy) is 2. The maximum absolute atomic E-state index is 12.8. The summed E-state index contributed by atoms with van der Waals surface area (Å²) in [6.07, 6.45) is 2.91. The second-order valence-corrected chi connectivity index (χ2v) is 7.05. The Morgan fingerprint density at radius 3 is 2.62 bits per heavy atom. The summed E-state index contributed by atoms with van der Waals surface area (Å²) in [6, 6.07) is 12.3. The molecule has 0 unspecified atom stereocenters. The minimum atomic E-state index is -0.901. The summed E-state index contributed by atoms with van der Waals surface area (Å²) in [7, 11) is 0. The Kier molecular flexibility index (Phi) is 6.69. The Balaban J connectivity index is 1.71. The number of nitrogens with zero attached hydrogens (tertiary/aromatic N) is 1. The molecule has 7 nitrogen and oxygen atoms in total. The quantitative estimate of drug-likeness (QED) is 0.385. The minimum absolute atomic E-state index is 0.00489. The Labute approximate surface area is 169 Å². The Morgan fingerprint density at radius 2 is 1.93 bits per heavy atom. The lowest BCUT2D eigenvalue weighted by atomic mass is 9.77. The normalized spacial score (nSPS) is 18.9. The minimum Gasteiger partial charge on any atom is -0.494 e. The van der Waals surface area contributed by atoms with Crippen LogP contribution in [-0.2, 0) is 14.3 Å². The molecule has 0 N–H and O–H groups in total. The van der Waals surface area contributed by atoms with E-state index in [0.717, 1.165) is 0 Å². The Morgan fingerprint density at radius 1 is 1.14 bits per heavy atom. The Bertz CT molecular complexity index is 832. The molecule has 0 bridgehead atoms. The molecule has 1 saturated heterocycles. The summed E-state index contributed by atoms with van der Waals surface area (Å²) in [5, 5.41) is 0. The molecule has 1 aliphatic rings. The number of amides is 1. The molecule has 0 aliphatic carbocycles. The maximum atomic E-state index is 12.8. The summed E-state index contributed by atoms with van der Waals surface area (Å²) in [5.74, 6) is -1.04. The molecular weight excluding hydrogens is 374 g/mol. The number of likely N-dealkylation sites (tertiary alicyclic amines) is 1. The van der Waals surface area contributed by atoms with Crippen LogP contribution < -0.4 is 4.74 Å². The van der Waals surface area contributed by atoms with Crippen LogP contribution in [0.25, 0.3) is 0 Å².